The van der Waals surface area contributed by atoms with Gasteiger partial charge >= 0.3 is 0 Å². The Balaban J connectivity index is 1.83. The Morgan fingerprint density at radius 3 is 3.18 bits per heavy atom. The molecule has 1 atom stereocenters. The molecule has 0 aliphatic carbocycles. The van der Waals surface area contributed by atoms with Crippen LogP contribution in [0.1, 0.15) is 12.8 Å². The van der Waals surface area contributed by atoms with Crippen molar-refractivity contribution >= 4 is 11.3 Å². The molecule has 90 valence electrons. The number of hydrogen-bond acceptors (Lipinski definition) is 3. The molecule has 0 saturated carbocycles. The second-order valence-electron chi connectivity index (χ2n) is 4.42. The van der Waals surface area contributed by atoms with Crippen LogP contribution in [0.3, 0.4) is 0 Å². The molecule has 0 unspecified atom stereocenters. The predicted molar refractivity (Wildman–Crippen MR) is 69.4 cm³/mol. The van der Waals surface area contributed by atoms with Crippen LogP contribution in [-0.2, 0) is 6.54 Å². The number of thiophene rings is 1. The maximum Gasteiger partial charge on any atom is 0.267 e. The van der Waals surface area contributed by atoms with Gasteiger partial charge in [-0.15, -0.1) is 0 Å². The molecule has 0 spiro atoms. The molecule has 5 heteroatoms. The molecule has 0 aromatic carbocycles. The molecule has 2 N–H and O–H groups in total. The third-order valence-corrected chi connectivity index (χ3v) is 3.87. The smallest absolute Gasteiger partial charge is 0.267 e. The monoisotopic (exact) mass is 249 g/mol. The van der Waals surface area contributed by atoms with Crippen molar-refractivity contribution in [1.29, 1.82) is 0 Å². The van der Waals surface area contributed by atoms with Gasteiger partial charge < -0.3 is 5.32 Å². The summed E-state index contributed by atoms with van der Waals surface area (Å²) < 4.78 is 1.70. The first-order valence-electron chi connectivity index (χ1n) is 5.89. The van der Waals surface area contributed by atoms with Gasteiger partial charge in [0, 0.05) is 23.1 Å². The van der Waals surface area contributed by atoms with E-state index in [2.05, 4.69) is 10.4 Å². The first-order chi connectivity index (χ1) is 8.33. The van der Waals surface area contributed by atoms with Gasteiger partial charge in [0.15, 0.2) is 0 Å². The molecule has 1 saturated heterocycles. The average molecular weight is 249 g/mol. The van der Waals surface area contributed by atoms with E-state index in [4.69, 9.17) is 0 Å². The minimum Gasteiger partial charge on any atom is -0.312 e. The zero-order chi connectivity index (χ0) is 11.7. The highest BCUT2D eigenvalue weighted by atomic mass is 32.1. The number of nitrogens with zero attached hydrogens (tertiary/aromatic N) is 1. The fraction of sp³-hybridized carbons (Fsp3) is 0.417. The van der Waals surface area contributed by atoms with Crippen LogP contribution < -0.4 is 10.9 Å². The van der Waals surface area contributed by atoms with E-state index in [1.807, 2.05) is 16.8 Å². The van der Waals surface area contributed by atoms with E-state index < -0.39 is 0 Å². The topological polar surface area (TPSA) is 49.8 Å². The van der Waals surface area contributed by atoms with Crippen molar-refractivity contribution in [2.24, 2.45) is 0 Å². The summed E-state index contributed by atoms with van der Waals surface area (Å²) >= 11 is 1.64. The molecule has 3 rings (SSSR count). The largest absolute Gasteiger partial charge is 0.312 e. The summed E-state index contributed by atoms with van der Waals surface area (Å²) in [6.45, 7) is 1.81. The lowest BCUT2D eigenvalue weighted by Gasteiger charge is -2.09. The predicted octanol–water partition coefficient (Wildman–Crippen LogP) is 1.66. The van der Waals surface area contributed by atoms with E-state index in [-0.39, 0.29) is 5.56 Å². The fourth-order valence-electron chi connectivity index (χ4n) is 2.27. The summed E-state index contributed by atoms with van der Waals surface area (Å²) in [7, 11) is 0. The lowest BCUT2D eigenvalue weighted by atomic mass is 10.2. The minimum atomic E-state index is 0.0555. The van der Waals surface area contributed by atoms with Crippen molar-refractivity contribution in [1.82, 2.24) is 15.1 Å². The maximum absolute atomic E-state index is 11.8. The second kappa shape index (κ2) is 4.50. The molecule has 2 aromatic rings. The molecule has 1 aliphatic rings. The summed E-state index contributed by atoms with van der Waals surface area (Å²) in [5.41, 5.74) is 2.05. The standard InChI is InChI=1S/C12H15N3OS/c16-12-6-11(9-3-5-17-8-9)14-15(12)7-10-2-1-4-13-10/h3,5-6,8,10,13-14H,1-2,4,7H2/t10-/m0/s1. The van der Waals surface area contributed by atoms with Crippen molar-refractivity contribution in [3.8, 4) is 11.3 Å². The molecule has 3 heterocycles. The Morgan fingerprint density at radius 1 is 1.53 bits per heavy atom. The Bertz CT molecular complexity index is 534. The quantitative estimate of drug-likeness (QED) is 0.869. The number of nitrogens with one attached hydrogen (secondary N) is 2. The van der Waals surface area contributed by atoms with Crippen molar-refractivity contribution in [2.45, 2.75) is 25.4 Å². The molecule has 1 fully saturated rings. The Labute approximate surface area is 103 Å². The summed E-state index contributed by atoms with van der Waals surface area (Å²) in [5.74, 6) is 0. The van der Waals surface area contributed by atoms with Crippen LogP contribution in [0.4, 0.5) is 0 Å². The zero-order valence-corrected chi connectivity index (χ0v) is 10.3. The lowest BCUT2D eigenvalue weighted by molar-refractivity contribution is 0.468. The average Bonchev–Trinajstić information content (AvgIpc) is 3.02. The Kier molecular flexibility index (Phi) is 2.86. The van der Waals surface area contributed by atoms with Gasteiger partial charge in [-0.25, -0.2) is 0 Å². The molecular formula is C12H15N3OS. The SMILES string of the molecule is O=c1cc(-c2ccsc2)[nH]n1C[C@@H]1CCCN1. The second-order valence-corrected chi connectivity index (χ2v) is 5.20. The summed E-state index contributed by atoms with van der Waals surface area (Å²) in [4.78, 5) is 11.8. The van der Waals surface area contributed by atoms with Gasteiger partial charge in [-0.2, -0.15) is 11.3 Å². The number of aromatic amines is 1. The van der Waals surface area contributed by atoms with E-state index >= 15 is 0 Å². The van der Waals surface area contributed by atoms with Gasteiger partial charge in [-0.3, -0.25) is 14.6 Å². The third-order valence-electron chi connectivity index (χ3n) is 3.19. The fourth-order valence-corrected chi connectivity index (χ4v) is 2.92. The highest BCUT2D eigenvalue weighted by molar-refractivity contribution is 7.08. The van der Waals surface area contributed by atoms with Crippen LogP contribution in [-0.4, -0.2) is 22.4 Å². The lowest BCUT2D eigenvalue weighted by Crippen LogP contribution is -2.31. The van der Waals surface area contributed by atoms with Crippen LogP contribution >= 0.6 is 11.3 Å². The summed E-state index contributed by atoms with van der Waals surface area (Å²) in [6.07, 6.45) is 2.36. The van der Waals surface area contributed by atoms with Crippen LogP contribution in [0, 0.1) is 0 Å². The number of rotatable bonds is 3. The van der Waals surface area contributed by atoms with Crippen molar-refractivity contribution in [3.05, 3.63) is 33.2 Å². The summed E-state index contributed by atoms with van der Waals surface area (Å²) in [6, 6.07) is 4.13. The van der Waals surface area contributed by atoms with Gasteiger partial charge in [0.2, 0.25) is 0 Å². The number of H-pyrrole nitrogens is 1. The maximum atomic E-state index is 11.8. The minimum absolute atomic E-state index is 0.0555. The van der Waals surface area contributed by atoms with Crippen LogP contribution in [0.15, 0.2) is 27.7 Å². The van der Waals surface area contributed by atoms with Gasteiger partial charge in [0.1, 0.15) is 0 Å². The molecule has 2 aromatic heterocycles. The van der Waals surface area contributed by atoms with Crippen LogP contribution in [0.25, 0.3) is 11.3 Å². The third kappa shape index (κ3) is 2.21. The van der Waals surface area contributed by atoms with E-state index in [9.17, 15) is 4.79 Å². The Hall–Kier alpha value is -1.33. The van der Waals surface area contributed by atoms with Crippen molar-refractivity contribution in [3.63, 3.8) is 0 Å². The van der Waals surface area contributed by atoms with Gasteiger partial charge in [0.05, 0.1) is 12.2 Å². The summed E-state index contributed by atoms with van der Waals surface area (Å²) in [5, 5.41) is 10.6. The van der Waals surface area contributed by atoms with Gasteiger partial charge in [0.25, 0.3) is 5.56 Å². The van der Waals surface area contributed by atoms with Gasteiger partial charge in [-0.05, 0) is 30.8 Å². The molecule has 0 amide bonds. The van der Waals surface area contributed by atoms with Crippen LogP contribution in [0.5, 0.6) is 0 Å². The molecule has 0 radical (unpaired) electrons. The molecule has 4 nitrogen and oxygen atoms in total. The normalized spacial score (nSPS) is 19.9. The molecular weight excluding hydrogens is 234 g/mol. The molecule has 0 bridgehead atoms. The van der Waals surface area contributed by atoms with E-state index in [1.165, 1.54) is 6.42 Å². The van der Waals surface area contributed by atoms with Crippen molar-refractivity contribution < 1.29 is 0 Å². The highest BCUT2D eigenvalue weighted by Crippen LogP contribution is 2.18. The van der Waals surface area contributed by atoms with E-state index in [0.29, 0.717) is 6.04 Å². The first-order valence-corrected chi connectivity index (χ1v) is 6.83. The first kappa shape index (κ1) is 10.8. The van der Waals surface area contributed by atoms with E-state index in [1.54, 1.807) is 22.1 Å². The van der Waals surface area contributed by atoms with Crippen molar-refractivity contribution in [2.75, 3.05) is 6.54 Å². The molecule has 17 heavy (non-hydrogen) atoms. The number of hydrogen-bond donors (Lipinski definition) is 2. The van der Waals surface area contributed by atoms with Gasteiger partial charge in [-0.1, -0.05) is 0 Å². The Morgan fingerprint density at radius 2 is 2.47 bits per heavy atom. The molecule has 1 aliphatic heterocycles. The van der Waals surface area contributed by atoms with Crippen LogP contribution in [0.2, 0.25) is 0 Å². The van der Waals surface area contributed by atoms with E-state index in [0.717, 1.165) is 30.8 Å². The highest BCUT2D eigenvalue weighted by Gasteiger charge is 2.16. The number of aromatic nitrogens is 2. The zero-order valence-electron chi connectivity index (χ0n) is 9.48.